The van der Waals surface area contributed by atoms with E-state index < -0.39 is 0 Å². The van der Waals surface area contributed by atoms with Crippen molar-refractivity contribution in [1.82, 2.24) is 0 Å². The first-order valence-corrected chi connectivity index (χ1v) is 20.7. The molecule has 8 aliphatic rings. The van der Waals surface area contributed by atoms with E-state index in [2.05, 4.69) is 49.3 Å². The molecule has 234 valence electrons. The zero-order valence-corrected chi connectivity index (χ0v) is 28.8. The molecule has 0 aromatic carbocycles. The van der Waals surface area contributed by atoms with Gasteiger partial charge < -0.3 is 0 Å². The lowest BCUT2D eigenvalue weighted by Crippen LogP contribution is -2.54. The third-order valence-electron chi connectivity index (χ3n) is 17.0. The number of hydrogen-bond acceptors (Lipinski definition) is 4. The second-order valence-corrected chi connectivity index (χ2v) is 21.0. The van der Waals surface area contributed by atoms with Gasteiger partial charge in [-0.3, -0.25) is 9.59 Å². The quantitative estimate of drug-likeness (QED) is 0.298. The third kappa shape index (κ3) is 4.17. The fourth-order valence-corrected chi connectivity index (χ4v) is 17.7. The number of fused-ring (bicyclic) bond motifs is 10. The summed E-state index contributed by atoms with van der Waals surface area (Å²) in [6.07, 6.45) is 23.4. The molecule has 0 aliphatic heterocycles. The van der Waals surface area contributed by atoms with Gasteiger partial charge >= 0.3 is 0 Å². The molecule has 2 nitrogen and oxygen atoms in total. The highest BCUT2D eigenvalue weighted by Gasteiger charge is 2.62. The van der Waals surface area contributed by atoms with Crippen LogP contribution in [0.2, 0.25) is 0 Å². The van der Waals surface area contributed by atoms with Gasteiger partial charge in [-0.05, 0) is 161 Å². The second-order valence-electron chi connectivity index (χ2n) is 18.1. The van der Waals surface area contributed by atoms with E-state index in [4.69, 9.17) is 0 Å². The summed E-state index contributed by atoms with van der Waals surface area (Å²) in [5.74, 6) is 7.81. The molecule has 0 aromatic heterocycles. The fourth-order valence-electron chi connectivity index (χ4n) is 14.3. The molecule has 14 atom stereocenters. The fraction of sp³-hybridized carbons (Fsp3) is 0.947. The van der Waals surface area contributed by atoms with E-state index in [0.29, 0.717) is 34.2 Å². The van der Waals surface area contributed by atoms with Crippen LogP contribution in [-0.2, 0) is 9.59 Å². The molecule has 0 N–H and O–H groups in total. The summed E-state index contributed by atoms with van der Waals surface area (Å²) in [5, 5.41) is 1.71. The van der Waals surface area contributed by atoms with Gasteiger partial charge in [-0.1, -0.05) is 49.3 Å². The van der Waals surface area contributed by atoms with Crippen LogP contribution >= 0.6 is 21.6 Å². The number of hydrogen-bond donors (Lipinski definition) is 0. The van der Waals surface area contributed by atoms with Gasteiger partial charge in [0.15, 0.2) is 0 Å². The second kappa shape index (κ2) is 10.3. The molecule has 0 amide bonds. The Kier molecular flexibility index (Phi) is 7.20. The van der Waals surface area contributed by atoms with Crippen LogP contribution in [0.1, 0.15) is 143 Å². The maximum absolute atomic E-state index is 12.8. The van der Waals surface area contributed by atoms with Crippen LogP contribution in [0.5, 0.6) is 0 Å². The predicted octanol–water partition coefficient (Wildman–Crippen LogP) is 10.3. The highest BCUT2D eigenvalue weighted by molar-refractivity contribution is 8.77. The number of Topliss-reactive ketones (excluding diaryl/α,β-unsaturated/α-hetero) is 2. The van der Waals surface area contributed by atoms with Gasteiger partial charge in [-0.15, -0.1) is 0 Å². The molecule has 8 saturated carbocycles. The van der Waals surface area contributed by atoms with Crippen molar-refractivity contribution in [1.29, 1.82) is 0 Å². The van der Waals surface area contributed by atoms with Crippen LogP contribution in [0.4, 0.5) is 0 Å². The van der Waals surface area contributed by atoms with Crippen LogP contribution in [0.3, 0.4) is 0 Å². The molecule has 0 radical (unpaired) electrons. The molecular formula is C38H58O2S2. The minimum atomic E-state index is 0.0243. The molecule has 8 aliphatic carbocycles. The summed E-state index contributed by atoms with van der Waals surface area (Å²) in [6.45, 7) is 10.1. The normalized spacial score (nSPS) is 57.0. The Morgan fingerprint density at radius 1 is 0.500 bits per heavy atom. The first-order valence-electron chi connectivity index (χ1n) is 18.4. The van der Waals surface area contributed by atoms with Crippen molar-refractivity contribution in [2.75, 3.05) is 0 Å². The zero-order chi connectivity index (χ0) is 29.1. The summed E-state index contributed by atoms with van der Waals surface area (Å²) < 4.78 is 0. The summed E-state index contributed by atoms with van der Waals surface area (Å²) in [7, 11) is 4.62. The average molecular weight is 611 g/mol. The van der Waals surface area contributed by atoms with E-state index in [0.717, 1.165) is 58.8 Å². The van der Waals surface area contributed by atoms with Crippen molar-refractivity contribution in [3.8, 4) is 0 Å². The molecule has 42 heavy (non-hydrogen) atoms. The summed E-state index contributed by atoms with van der Waals surface area (Å²) in [6, 6.07) is 0. The first-order chi connectivity index (χ1) is 20.1. The monoisotopic (exact) mass is 610 g/mol. The lowest BCUT2D eigenvalue weighted by atomic mass is 9.45. The van der Waals surface area contributed by atoms with Gasteiger partial charge in [0.05, 0.1) is 0 Å². The lowest BCUT2D eigenvalue weighted by molar-refractivity contribution is -0.138. The van der Waals surface area contributed by atoms with Crippen molar-refractivity contribution in [3.05, 3.63) is 0 Å². The molecule has 0 aromatic rings. The molecule has 4 unspecified atom stereocenters. The van der Waals surface area contributed by atoms with Gasteiger partial charge in [0.1, 0.15) is 11.6 Å². The molecular weight excluding hydrogens is 553 g/mol. The molecule has 4 heteroatoms. The van der Waals surface area contributed by atoms with E-state index in [9.17, 15) is 9.59 Å². The minimum absolute atomic E-state index is 0.0243. The van der Waals surface area contributed by atoms with Crippen molar-refractivity contribution in [2.24, 2.45) is 69.0 Å². The largest absolute Gasteiger partial charge is 0.299 e. The van der Waals surface area contributed by atoms with Gasteiger partial charge in [0.25, 0.3) is 0 Å². The van der Waals surface area contributed by atoms with Crippen LogP contribution in [0.25, 0.3) is 0 Å². The smallest absolute Gasteiger partial charge is 0.139 e. The molecule has 0 spiro atoms. The van der Waals surface area contributed by atoms with Gasteiger partial charge in [0.2, 0.25) is 0 Å². The average Bonchev–Trinajstić information content (AvgIpc) is 3.46. The first kappa shape index (κ1) is 29.4. The molecule has 0 heterocycles. The highest BCUT2D eigenvalue weighted by Crippen LogP contribution is 2.68. The van der Waals surface area contributed by atoms with Crippen molar-refractivity contribution in [2.45, 2.75) is 154 Å². The topological polar surface area (TPSA) is 34.1 Å². The molecule has 0 saturated heterocycles. The Labute approximate surface area is 264 Å². The Morgan fingerprint density at radius 2 is 0.929 bits per heavy atom. The lowest BCUT2D eigenvalue weighted by Gasteiger charge is -2.60. The number of rotatable bonds is 3. The Balaban J connectivity index is 0.867. The van der Waals surface area contributed by atoms with E-state index in [1.807, 2.05) is 0 Å². The van der Waals surface area contributed by atoms with Crippen LogP contribution in [0.15, 0.2) is 0 Å². The van der Waals surface area contributed by atoms with Crippen molar-refractivity contribution in [3.63, 3.8) is 0 Å². The van der Waals surface area contributed by atoms with Crippen LogP contribution < -0.4 is 0 Å². The van der Waals surface area contributed by atoms with Crippen LogP contribution in [-0.4, -0.2) is 22.1 Å². The van der Waals surface area contributed by atoms with Crippen LogP contribution in [0, 0.1) is 69.0 Å². The summed E-state index contributed by atoms with van der Waals surface area (Å²) >= 11 is 0. The number of carbonyl (C=O) groups excluding carboxylic acids is 2. The number of ketones is 2. The maximum Gasteiger partial charge on any atom is 0.139 e. The summed E-state index contributed by atoms with van der Waals surface area (Å²) in [5.41, 5.74) is 1.11. The van der Waals surface area contributed by atoms with Gasteiger partial charge in [-0.2, -0.15) is 0 Å². The van der Waals surface area contributed by atoms with Gasteiger partial charge in [-0.25, -0.2) is 0 Å². The SMILES string of the molecule is C[C@]12CCC(SSC3CC[C@@]4(C)C(CC[C@@H]5[C@@H]4CC[C@]4(C)C(=O)CC[C@@H]54)C3)CC1CC[C@@H]1[C@@H]2CC[C@]2(C)C(=O)CC[C@@H]12. The van der Waals surface area contributed by atoms with Gasteiger partial charge in [0, 0.05) is 34.2 Å². The van der Waals surface area contributed by atoms with E-state index in [1.54, 1.807) is 0 Å². The van der Waals surface area contributed by atoms with E-state index in [-0.39, 0.29) is 10.8 Å². The molecule has 8 fully saturated rings. The predicted molar refractivity (Wildman–Crippen MR) is 176 cm³/mol. The maximum atomic E-state index is 12.8. The Bertz CT molecular complexity index is 1030. The Morgan fingerprint density at radius 3 is 1.36 bits per heavy atom. The number of carbonyl (C=O) groups is 2. The standard InChI is InChI=1S/C38H58O2S2/c1-35-17-13-25(21-23(35)5-7-27-29-9-11-33(39)37(29,3)19-15-31(27)35)41-42-26-14-18-36(2)24(22-26)6-8-28-30-10-12-34(40)38(30,4)20-16-32(28)36/h23-32H,5-22H2,1-4H3/t23?,24?,25?,26?,27-,28-,29-,30-,31-,32-,35-,36-,37-,38-/m0/s1. The highest BCUT2D eigenvalue weighted by atomic mass is 33.1. The summed E-state index contributed by atoms with van der Waals surface area (Å²) in [4.78, 5) is 25.6. The van der Waals surface area contributed by atoms with Crippen molar-refractivity contribution >= 4 is 33.2 Å². The Hall–Kier alpha value is 0.0400. The van der Waals surface area contributed by atoms with Crippen molar-refractivity contribution < 1.29 is 9.59 Å². The third-order valence-corrected chi connectivity index (χ3v) is 20.5. The zero-order valence-electron chi connectivity index (χ0n) is 27.1. The van der Waals surface area contributed by atoms with E-state index in [1.165, 1.54) is 103 Å². The molecule has 0 bridgehead atoms. The van der Waals surface area contributed by atoms with E-state index >= 15 is 0 Å². The molecule has 8 rings (SSSR count). The minimum Gasteiger partial charge on any atom is -0.299 e.